The number of aromatic nitrogens is 2. The average molecular weight is 705 g/mol. The van der Waals surface area contributed by atoms with Gasteiger partial charge >= 0.3 is 5.97 Å². The van der Waals surface area contributed by atoms with Gasteiger partial charge in [0.05, 0.1) is 25.8 Å². The molecule has 1 aliphatic heterocycles. The number of aryl methyl sites for hydroxylation is 1. The van der Waals surface area contributed by atoms with Crippen LogP contribution in [0.4, 0.5) is 0 Å². The van der Waals surface area contributed by atoms with Crippen LogP contribution >= 0.6 is 46.4 Å². The Morgan fingerprint density at radius 1 is 0.848 bits per heavy atom. The molecule has 1 aromatic heterocycles. The van der Waals surface area contributed by atoms with Gasteiger partial charge in [0.25, 0.3) is 0 Å². The first-order valence-electron chi connectivity index (χ1n) is 16.4. The number of carboxylic acid groups (broad SMARTS) is 1. The molecule has 0 bridgehead atoms. The minimum Gasteiger partial charge on any atom is -0.480 e. The molecule has 6 rings (SSSR count). The number of fused-ring (bicyclic) bond motifs is 1. The van der Waals surface area contributed by atoms with Gasteiger partial charge in [-0.1, -0.05) is 92.7 Å². The van der Waals surface area contributed by atoms with Gasteiger partial charge in [-0.15, -0.1) is 0 Å². The zero-order chi connectivity index (χ0) is 32.9. The Kier molecular flexibility index (Phi) is 9.93. The van der Waals surface area contributed by atoms with Crippen molar-refractivity contribution in [2.45, 2.75) is 110 Å². The average Bonchev–Trinajstić information content (AvgIpc) is 3.64. The lowest BCUT2D eigenvalue weighted by atomic mass is 9.88. The van der Waals surface area contributed by atoms with Crippen molar-refractivity contribution in [3.8, 4) is 0 Å². The van der Waals surface area contributed by atoms with Crippen molar-refractivity contribution in [3.05, 3.63) is 96.2 Å². The first-order valence-corrected chi connectivity index (χ1v) is 17.9. The first-order chi connectivity index (χ1) is 22.0. The molecule has 0 radical (unpaired) electrons. The molecule has 3 aliphatic rings. The molecule has 6 nitrogen and oxygen atoms in total. The molecular formula is C36H42Cl4N4O2. The summed E-state index contributed by atoms with van der Waals surface area (Å²) in [6.45, 7) is 9.91. The summed E-state index contributed by atoms with van der Waals surface area (Å²) in [7, 11) is 0. The number of nitrogens with zero attached hydrogens (tertiary/aromatic N) is 4. The third-order valence-corrected chi connectivity index (χ3v) is 11.3. The standard InChI is InChI=1S/C36H42Cl4N4O2/c1-20(2)34-41-29-9-6-5-8-24(32(29)43(34)19-23-13-15-26(38)28(40)17-23)33(36(45)46)44-31-11-7-10-30(31)42(35(44)21(3)4)18-22-12-14-25(37)27(39)16-22/h12-17,20-21,24,33,35H,5-11,18-19H2,1-4H3,(H,45,46). The Morgan fingerprint density at radius 3 is 2.07 bits per heavy atom. The van der Waals surface area contributed by atoms with E-state index in [2.05, 4.69) is 42.1 Å². The molecule has 0 saturated carbocycles. The third kappa shape index (κ3) is 6.27. The maximum absolute atomic E-state index is 13.7. The number of rotatable bonds is 9. The normalized spacial score (nSPS) is 20.5. The Labute approximate surface area is 292 Å². The predicted molar refractivity (Wildman–Crippen MR) is 187 cm³/mol. The Hall–Kier alpha value is -2.38. The molecule has 10 heteroatoms. The van der Waals surface area contributed by atoms with Gasteiger partial charge in [0.15, 0.2) is 0 Å². The number of halogens is 4. The van der Waals surface area contributed by atoms with Crippen molar-refractivity contribution < 1.29 is 9.90 Å². The molecule has 2 heterocycles. The fraction of sp³-hybridized carbons (Fsp3) is 0.500. The van der Waals surface area contributed by atoms with Crippen molar-refractivity contribution in [1.82, 2.24) is 19.4 Å². The summed E-state index contributed by atoms with van der Waals surface area (Å²) in [5, 5.41) is 13.3. The van der Waals surface area contributed by atoms with Gasteiger partial charge in [0.1, 0.15) is 18.0 Å². The second-order valence-corrected chi connectivity index (χ2v) is 15.2. The third-order valence-electron chi connectivity index (χ3n) is 9.77. The van der Waals surface area contributed by atoms with Crippen molar-refractivity contribution >= 4 is 52.4 Å². The van der Waals surface area contributed by atoms with E-state index in [1.807, 2.05) is 36.4 Å². The summed E-state index contributed by atoms with van der Waals surface area (Å²) < 4.78 is 2.30. The van der Waals surface area contributed by atoms with Crippen molar-refractivity contribution in [2.75, 3.05) is 0 Å². The summed E-state index contributed by atoms with van der Waals surface area (Å²) in [6, 6.07) is 10.8. The topological polar surface area (TPSA) is 61.6 Å². The van der Waals surface area contributed by atoms with Crippen molar-refractivity contribution in [1.29, 1.82) is 0 Å². The number of benzene rings is 2. The van der Waals surface area contributed by atoms with Crippen LogP contribution in [-0.4, -0.2) is 42.6 Å². The number of aliphatic carboxylic acids is 1. The van der Waals surface area contributed by atoms with Gasteiger partial charge < -0.3 is 19.5 Å². The molecule has 3 atom stereocenters. The minimum atomic E-state index is -0.785. The SMILES string of the molecule is CC(C)c1nc2c(n1Cc1ccc(Cl)c(Cl)c1)C(C(C(=O)O)N1C3=C(CCC3)N(Cc3ccc(Cl)c(Cl)c3)C1C(C)C)CCCC2. The molecule has 2 aliphatic carbocycles. The van der Waals surface area contributed by atoms with E-state index in [1.165, 1.54) is 11.4 Å². The number of hydrogen-bond acceptors (Lipinski definition) is 4. The van der Waals surface area contributed by atoms with E-state index in [9.17, 15) is 9.90 Å². The van der Waals surface area contributed by atoms with E-state index in [4.69, 9.17) is 51.4 Å². The molecule has 0 amide bonds. The number of carbonyl (C=O) groups is 1. The van der Waals surface area contributed by atoms with E-state index in [1.54, 1.807) is 0 Å². The van der Waals surface area contributed by atoms with E-state index >= 15 is 0 Å². The van der Waals surface area contributed by atoms with E-state index in [0.717, 1.165) is 73.3 Å². The van der Waals surface area contributed by atoms with Crippen LogP contribution in [0.25, 0.3) is 0 Å². The highest BCUT2D eigenvalue weighted by atomic mass is 35.5. The summed E-state index contributed by atoms with van der Waals surface area (Å²) in [5.74, 6) is 0.300. The van der Waals surface area contributed by atoms with Crippen LogP contribution in [0, 0.1) is 5.92 Å². The van der Waals surface area contributed by atoms with Crippen LogP contribution in [0.3, 0.4) is 0 Å². The first kappa shape index (κ1) is 33.5. The predicted octanol–water partition coefficient (Wildman–Crippen LogP) is 10.1. The maximum Gasteiger partial charge on any atom is 0.327 e. The van der Waals surface area contributed by atoms with E-state index in [-0.39, 0.29) is 23.9 Å². The fourth-order valence-electron chi connectivity index (χ4n) is 7.95. The lowest BCUT2D eigenvalue weighted by Crippen LogP contribution is -2.53. The second kappa shape index (κ2) is 13.6. The number of imidazole rings is 1. The molecule has 2 aromatic carbocycles. The van der Waals surface area contributed by atoms with Crippen LogP contribution < -0.4 is 0 Å². The molecule has 0 fully saturated rings. The largest absolute Gasteiger partial charge is 0.480 e. The molecule has 1 N–H and O–H groups in total. The minimum absolute atomic E-state index is 0.108. The van der Waals surface area contributed by atoms with Crippen molar-refractivity contribution in [3.63, 3.8) is 0 Å². The molecule has 3 unspecified atom stereocenters. The highest BCUT2D eigenvalue weighted by Gasteiger charge is 2.50. The van der Waals surface area contributed by atoms with Gasteiger partial charge in [-0.05, 0) is 79.8 Å². The van der Waals surface area contributed by atoms with Gasteiger partial charge in [-0.3, -0.25) is 0 Å². The van der Waals surface area contributed by atoms with E-state index in [0.29, 0.717) is 33.2 Å². The zero-order valence-corrected chi connectivity index (χ0v) is 29.9. The Bertz CT molecular complexity index is 1670. The highest BCUT2D eigenvalue weighted by molar-refractivity contribution is 6.42. The number of hydrogen-bond donors (Lipinski definition) is 1. The van der Waals surface area contributed by atoms with Crippen LogP contribution in [0.5, 0.6) is 0 Å². The van der Waals surface area contributed by atoms with Crippen LogP contribution in [0.1, 0.15) is 106 Å². The Morgan fingerprint density at radius 2 is 1.48 bits per heavy atom. The highest BCUT2D eigenvalue weighted by Crippen LogP contribution is 2.48. The second-order valence-electron chi connectivity index (χ2n) is 13.6. The fourth-order valence-corrected chi connectivity index (χ4v) is 8.59. The molecule has 3 aromatic rings. The van der Waals surface area contributed by atoms with Gasteiger partial charge in [0.2, 0.25) is 0 Å². The maximum atomic E-state index is 13.7. The van der Waals surface area contributed by atoms with Crippen molar-refractivity contribution in [2.24, 2.45) is 5.92 Å². The van der Waals surface area contributed by atoms with Gasteiger partial charge in [-0.2, -0.15) is 0 Å². The lowest BCUT2D eigenvalue weighted by molar-refractivity contribution is -0.146. The van der Waals surface area contributed by atoms with Gasteiger partial charge in [0, 0.05) is 42.0 Å². The molecule has 0 spiro atoms. The smallest absolute Gasteiger partial charge is 0.327 e. The monoisotopic (exact) mass is 702 g/mol. The zero-order valence-electron chi connectivity index (χ0n) is 26.9. The molecule has 46 heavy (non-hydrogen) atoms. The van der Waals surface area contributed by atoms with Crippen LogP contribution in [0.2, 0.25) is 20.1 Å². The summed E-state index contributed by atoms with van der Waals surface area (Å²) in [5.41, 5.74) is 6.61. The quantitative estimate of drug-likeness (QED) is 0.225. The van der Waals surface area contributed by atoms with Gasteiger partial charge in [-0.25, -0.2) is 9.78 Å². The van der Waals surface area contributed by atoms with Crippen LogP contribution in [0.15, 0.2) is 47.8 Å². The summed E-state index contributed by atoms with van der Waals surface area (Å²) in [6.07, 6.45) is 6.28. The summed E-state index contributed by atoms with van der Waals surface area (Å²) in [4.78, 5) is 23.7. The Balaban J connectivity index is 1.46. The van der Waals surface area contributed by atoms with Crippen LogP contribution in [-0.2, 0) is 24.3 Å². The number of allylic oxidation sites excluding steroid dienone is 2. The number of carboxylic acids is 1. The van der Waals surface area contributed by atoms with E-state index < -0.39 is 12.0 Å². The summed E-state index contributed by atoms with van der Waals surface area (Å²) >= 11 is 25.4. The lowest BCUT2D eigenvalue weighted by Gasteiger charge is -2.44. The molecule has 0 saturated heterocycles. The molecule has 246 valence electrons. The molecular weight excluding hydrogens is 662 g/mol.